The molecule has 0 aliphatic rings. The van der Waals surface area contributed by atoms with E-state index in [1.54, 1.807) is 25.8 Å². The minimum Gasteiger partial charge on any atom is -0.467 e. The van der Waals surface area contributed by atoms with Crippen LogP contribution in [0.1, 0.15) is 31.3 Å². The van der Waals surface area contributed by atoms with Gasteiger partial charge in [-0.1, -0.05) is 0 Å². The molecule has 0 amide bonds. The number of hydrogen-bond acceptors (Lipinski definition) is 6. The quantitative estimate of drug-likeness (QED) is 0.792. The molecule has 0 N–H and O–H groups in total. The van der Waals surface area contributed by atoms with E-state index in [4.69, 9.17) is 4.74 Å². The molecule has 0 aromatic carbocycles. The van der Waals surface area contributed by atoms with E-state index in [-0.39, 0.29) is 0 Å². The summed E-state index contributed by atoms with van der Waals surface area (Å²) in [6.45, 7) is 5.70. The monoisotopic (exact) mass is 276 g/mol. The van der Waals surface area contributed by atoms with Gasteiger partial charge in [-0.2, -0.15) is 0 Å². The van der Waals surface area contributed by atoms with E-state index in [1.807, 2.05) is 7.05 Å². The number of aromatic nitrogens is 5. The molecule has 0 bridgehead atoms. The maximum atomic E-state index is 4.94. The Labute approximate surface area is 118 Å². The molecule has 0 aliphatic carbocycles. The summed E-state index contributed by atoms with van der Waals surface area (Å²) in [6, 6.07) is 0.744. The van der Waals surface area contributed by atoms with Crippen LogP contribution in [0.2, 0.25) is 0 Å². The Morgan fingerprint density at radius 2 is 1.95 bits per heavy atom. The van der Waals surface area contributed by atoms with Crippen LogP contribution in [0.25, 0.3) is 0 Å². The van der Waals surface area contributed by atoms with E-state index in [1.165, 1.54) is 0 Å². The number of ether oxygens (including phenoxy) is 1. The van der Waals surface area contributed by atoms with Gasteiger partial charge in [0, 0.05) is 30.5 Å². The fourth-order valence-electron chi connectivity index (χ4n) is 1.95. The second-order valence-electron chi connectivity index (χ2n) is 5.00. The second-order valence-corrected chi connectivity index (χ2v) is 5.00. The average molecular weight is 276 g/mol. The molecule has 7 heteroatoms. The summed E-state index contributed by atoms with van der Waals surface area (Å²) in [6.07, 6.45) is 5.31. The Hall–Kier alpha value is -2.02. The third-order valence-corrected chi connectivity index (χ3v) is 2.93. The van der Waals surface area contributed by atoms with Gasteiger partial charge in [0.05, 0.1) is 13.7 Å². The van der Waals surface area contributed by atoms with Crippen LogP contribution in [-0.4, -0.2) is 43.8 Å². The van der Waals surface area contributed by atoms with Crippen molar-refractivity contribution < 1.29 is 4.74 Å². The van der Waals surface area contributed by atoms with Gasteiger partial charge in [0.25, 0.3) is 0 Å². The summed E-state index contributed by atoms with van der Waals surface area (Å²) in [5, 5.41) is 8.14. The summed E-state index contributed by atoms with van der Waals surface area (Å²) in [4.78, 5) is 10.3. The molecular formula is C13H20N6O. The number of methoxy groups -OCH3 is 1. The first-order valence-electron chi connectivity index (χ1n) is 6.52. The molecule has 108 valence electrons. The average Bonchev–Trinajstić information content (AvgIpc) is 2.87. The topological polar surface area (TPSA) is 69.0 Å². The molecule has 0 radical (unpaired) electrons. The normalized spacial score (nSPS) is 11.3. The lowest BCUT2D eigenvalue weighted by Crippen LogP contribution is -2.21. The van der Waals surface area contributed by atoms with Crippen LogP contribution < -0.4 is 4.74 Å². The molecule has 2 heterocycles. The lowest BCUT2D eigenvalue weighted by atomic mass is 10.3. The Balaban J connectivity index is 1.97. The third-order valence-electron chi connectivity index (χ3n) is 2.93. The first kappa shape index (κ1) is 14.4. The number of nitrogens with zero attached hydrogens (tertiary/aromatic N) is 6. The lowest BCUT2D eigenvalue weighted by Gasteiger charge is -2.17. The van der Waals surface area contributed by atoms with E-state index in [2.05, 4.69) is 43.5 Å². The largest absolute Gasteiger partial charge is 0.467 e. The third kappa shape index (κ3) is 3.51. The molecule has 2 aromatic rings. The van der Waals surface area contributed by atoms with Crippen LogP contribution in [0, 0.1) is 0 Å². The fraction of sp³-hybridized carbons (Fsp3) is 0.538. The molecule has 0 saturated carbocycles. The van der Waals surface area contributed by atoms with Crippen molar-refractivity contribution in [3.8, 4) is 6.01 Å². The van der Waals surface area contributed by atoms with Gasteiger partial charge in [-0.3, -0.25) is 4.90 Å². The van der Waals surface area contributed by atoms with Crippen LogP contribution in [0.3, 0.4) is 0 Å². The van der Waals surface area contributed by atoms with Crippen LogP contribution >= 0.6 is 0 Å². The molecule has 20 heavy (non-hydrogen) atoms. The predicted octanol–water partition coefficient (Wildman–Crippen LogP) is 1.29. The van der Waals surface area contributed by atoms with Crippen molar-refractivity contribution in [2.24, 2.45) is 0 Å². The number of hydrogen-bond donors (Lipinski definition) is 0. The Morgan fingerprint density at radius 3 is 2.55 bits per heavy atom. The van der Waals surface area contributed by atoms with Crippen LogP contribution in [0.15, 0.2) is 18.7 Å². The van der Waals surface area contributed by atoms with Crippen LogP contribution in [0.4, 0.5) is 0 Å². The minimum atomic E-state index is 0.359. The zero-order valence-electron chi connectivity index (χ0n) is 12.3. The minimum absolute atomic E-state index is 0.359. The van der Waals surface area contributed by atoms with Gasteiger partial charge < -0.3 is 9.30 Å². The van der Waals surface area contributed by atoms with Gasteiger partial charge in [0.15, 0.2) is 0 Å². The van der Waals surface area contributed by atoms with Gasteiger partial charge >= 0.3 is 6.01 Å². The summed E-state index contributed by atoms with van der Waals surface area (Å²) in [7, 11) is 3.59. The van der Waals surface area contributed by atoms with E-state index < -0.39 is 0 Å². The molecule has 0 fully saturated rings. The molecule has 0 unspecified atom stereocenters. The van der Waals surface area contributed by atoms with Crippen molar-refractivity contribution in [2.45, 2.75) is 33.0 Å². The van der Waals surface area contributed by atoms with Gasteiger partial charge in [-0.05, 0) is 20.9 Å². The van der Waals surface area contributed by atoms with Crippen molar-refractivity contribution >= 4 is 0 Å². The zero-order chi connectivity index (χ0) is 14.5. The summed E-state index contributed by atoms with van der Waals surface area (Å²) in [5.41, 5.74) is 1.03. The fourth-order valence-corrected chi connectivity index (χ4v) is 1.95. The maximum Gasteiger partial charge on any atom is 0.316 e. The first-order chi connectivity index (χ1) is 9.60. The maximum absolute atomic E-state index is 4.94. The molecule has 0 saturated heterocycles. The van der Waals surface area contributed by atoms with Gasteiger partial charge in [-0.25, -0.2) is 9.97 Å². The predicted molar refractivity (Wildman–Crippen MR) is 74.2 cm³/mol. The molecule has 2 aromatic heterocycles. The van der Waals surface area contributed by atoms with Crippen molar-refractivity contribution in [2.75, 3.05) is 14.2 Å². The highest BCUT2D eigenvalue weighted by molar-refractivity contribution is 5.07. The Morgan fingerprint density at radius 1 is 1.25 bits per heavy atom. The van der Waals surface area contributed by atoms with Crippen LogP contribution in [-0.2, 0) is 13.1 Å². The molecule has 7 nitrogen and oxygen atoms in total. The molecule has 0 aliphatic heterocycles. The summed E-state index contributed by atoms with van der Waals surface area (Å²) >= 11 is 0. The van der Waals surface area contributed by atoms with Crippen molar-refractivity contribution in [1.82, 2.24) is 29.6 Å². The first-order valence-corrected chi connectivity index (χ1v) is 6.52. The number of rotatable bonds is 6. The van der Waals surface area contributed by atoms with Gasteiger partial charge in [0.1, 0.15) is 12.2 Å². The molecule has 0 spiro atoms. The zero-order valence-corrected chi connectivity index (χ0v) is 12.3. The highest BCUT2D eigenvalue weighted by atomic mass is 16.5. The van der Waals surface area contributed by atoms with Gasteiger partial charge in [-0.15, -0.1) is 10.2 Å². The Bertz CT molecular complexity index is 536. The van der Waals surface area contributed by atoms with Crippen molar-refractivity contribution in [1.29, 1.82) is 0 Å². The smallest absolute Gasteiger partial charge is 0.316 e. The van der Waals surface area contributed by atoms with Crippen LogP contribution in [0.5, 0.6) is 6.01 Å². The van der Waals surface area contributed by atoms with Gasteiger partial charge in [0.2, 0.25) is 0 Å². The van der Waals surface area contributed by atoms with E-state index >= 15 is 0 Å². The highest BCUT2D eigenvalue weighted by Crippen LogP contribution is 2.10. The molecular weight excluding hydrogens is 256 g/mol. The van der Waals surface area contributed by atoms with Crippen molar-refractivity contribution in [3.05, 3.63) is 30.1 Å². The molecule has 0 atom stereocenters. The lowest BCUT2D eigenvalue weighted by molar-refractivity contribution is 0.300. The Kier molecular flexibility index (Phi) is 4.62. The second kappa shape index (κ2) is 6.42. The SMILES string of the molecule is COc1ncc(CN(C)Cc2nncn2C(C)C)cn1. The molecule has 2 rings (SSSR count). The van der Waals surface area contributed by atoms with E-state index in [0.29, 0.717) is 12.1 Å². The highest BCUT2D eigenvalue weighted by Gasteiger charge is 2.10. The summed E-state index contributed by atoms with van der Waals surface area (Å²) in [5.74, 6) is 0.955. The van der Waals surface area contributed by atoms with E-state index in [0.717, 1.165) is 24.5 Å². The standard InChI is InChI=1S/C13H20N6O/c1-10(2)19-9-16-17-12(19)8-18(3)7-11-5-14-13(20-4)15-6-11/h5-6,9-10H,7-8H2,1-4H3. The summed E-state index contributed by atoms with van der Waals surface area (Å²) < 4.78 is 7.01. The van der Waals surface area contributed by atoms with E-state index in [9.17, 15) is 0 Å². The van der Waals surface area contributed by atoms with Crippen molar-refractivity contribution in [3.63, 3.8) is 0 Å².